The predicted octanol–water partition coefficient (Wildman–Crippen LogP) is 6.24. The zero-order valence-electron chi connectivity index (χ0n) is 23.9. The molecule has 3 aromatic heterocycles. The van der Waals surface area contributed by atoms with Crippen LogP contribution in [0.3, 0.4) is 0 Å². The minimum absolute atomic E-state index is 0.170. The lowest BCUT2D eigenvalue weighted by molar-refractivity contribution is -0.140. The quantitative estimate of drug-likeness (QED) is 0.226. The lowest BCUT2D eigenvalue weighted by Gasteiger charge is -2.24. The van der Waals surface area contributed by atoms with Crippen LogP contribution in [0.1, 0.15) is 36.7 Å². The Morgan fingerprint density at radius 1 is 0.977 bits per heavy atom. The standard InChI is InChI=1S/C30H30F3N7O3/c1-39-16-23(30(31,32)33)36-28(39)19-9-7-18(8-10-19)15-34-27-25-29(40(17-35-25)24-6-4-5-13-43-24)38-26(37-27)20-11-12-21(41-2)22(14-20)42-3/h7-12,14,16-17,24H,4-6,13,15H2,1-3H3,(H,34,37,38). The van der Waals surface area contributed by atoms with Crippen molar-refractivity contribution in [1.29, 1.82) is 0 Å². The van der Waals surface area contributed by atoms with Crippen LogP contribution in [-0.4, -0.2) is 49.9 Å². The number of hydrogen-bond acceptors (Lipinski definition) is 8. The van der Waals surface area contributed by atoms with E-state index in [0.29, 0.717) is 53.0 Å². The minimum atomic E-state index is -4.51. The Balaban J connectivity index is 1.32. The second-order valence-corrected chi connectivity index (χ2v) is 10.2. The summed E-state index contributed by atoms with van der Waals surface area (Å²) < 4.78 is 59.6. The second-order valence-electron chi connectivity index (χ2n) is 10.2. The van der Waals surface area contributed by atoms with Crippen molar-refractivity contribution in [2.75, 3.05) is 26.1 Å². The highest BCUT2D eigenvalue weighted by Gasteiger charge is 2.34. The lowest BCUT2D eigenvalue weighted by atomic mass is 10.1. The molecular formula is C30H30F3N7O3. The van der Waals surface area contributed by atoms with Gasteiger partial charge in [0.25, 0.3) is 0 Å². The maximum absolute atomic E-state index is 13.1. The van der Waals surface area contributed by atoms with Gasteiger partial charge < -0.3 is 24.1 Å². The first kappa shape index (κ1) is 28.5. The smallest absolute Gasteiger partial charge is 0.434 e. The van der Waals surface area contributed by atoms with Gasteiger partial charge in [-0.2, -0.15) is 13.2 Å². The Morgan fingerprint density at radius 2 is 1.74 bits per heavy atom. The Hall–Kier alpha value is -4.65. The molecule has 1 atom stereocenters. The third kappa shape index (κ3) is 5.72. The molecule has 224 valence electrons. The van der Waals surface area contributed by atoms with Gasteiger partial charge in [0.15, 0.2) is 40.0 Å². The van der Waals surface area contributed by atoms with Gasteiger partial charge >= 0.3 is 6.18 Å². The van der Waals surface area contributed by atoms with Gasteiger partial charge in [0, 0.05) is 37.5 Å². The number of aryl methyl sites for hydroxylation is 1. The van der Waals surface area contributed by atoms with E-state index < -0.39 is 11.9 Å². The molecule has 10 nitrogen and oxygen atoms in total. The van der Waals surface area contributed by atoms with Crippen molar-refractivity contribution in [2.45, 2.75) is 38.2 Å². The predicted molar refractivity (Wildman–Crippen MR) is 154 cm³/mol. The van der Waals surface area contributed by atoms with E-state index in [1.165, 1.54) is 4.57 Å². The van der Waals surface area contributed by atoms with E-state index in [0.717, 1.165) is 36.6 Å². The number of nitrogens with one attached hydrogen (secondary N) is 1. The molecule has 1 fully saturated rings. The molecule has 0 saturated carbocycles. The van der Waals surface area contributed by atoms with Crippen molar-refractivity contribution in [3.8, 4) is 34.3 Å². The number of imidazole rings is 2. The van der Waals surface area contributed by atoms with Gasteiger partial charge in [0.1, 0.15) is 12.1 Å². The van der Waals surface area contributed by atoms with Gasteiger partial charge in [0.2, 0.25) is 0 Å². The van der Waals surface area contributed by atoms with Gasteiger partial charge in [-0.05, 0) is 43.0 Å². The maximum Gasteiger partial charge on any atom is 0.434 e. The Kier molecular flexibility index (Phi) is 7.65. The number of aromatic nitrogens is 6. The van der Waals surface area contributed by atoms with E-state index in [1.54, 1.807) is 45.8 Å². The number of alkyl halides is 3. The van der Waals surface area contributed by atoms with Crippen LogP contribution in [0.15, 0.2) is 55.0 Å². The first-order valence-corrected chi connectivity index (χ1v) is 13.8. The Morgan fingerprint density at radius 3 is 2.42 bits per heavy atom. The van der Waals surface area contributed by atoms with Crippen molar-refractivity contribution in [1.82, 2.24) is 29.1 Å². The van der Waals surface area contributed by atoms with E-state index in [2.05, 4.69) is 15.3 Å². The van der Waals surface area contributed by atoms with Gasteiger partial charge in [-0.1, -0.05) is 24.3 Å². The van der Waals surface area contributed by atoms with Crippen LogP contribution >= 0.6 is 0 Å². The second kappa shape index (κ2) is 11.6. The molecule has 1 aliphatic heterocycles. The van der Waals surface area contributed by atoms with Crippen molar-refractivity contribution >= 4 is 17.0 Å². The monoisotopic (exact) mass is 593 g/mol. The fourth-order valence-corrected chi connectivity index (χ4v) is 5.13. The van der Waals surface area contributed by atoms with Crippen molar-refractivity contribution in [2.24, 2.45) is 7.05 Å². The van der Waals surface area contributed by atoms with Gasteiger partial charge in [-0.25, -0.2) is 19.9 Å². The molecule has 2 aromatic carbocycles. The summed E-state index contributed by atoms with van der Waals surface area (Å²) in [6.07, 6.45) is 0.968. The third-order valence-corrected chi connectivity index (χ3v) is 7.37. The van der Waals surface area contributed by atoms with Crippen LogP contribution < -0.4 is 14.8 Å². The summed E-state index contributed by atoms with van der Waals surface area (Å²) >= 11 is 0. The zero-order chi connectivity index (χ0) is 30.1. The highest BCUT2D eigenvalue weighted by Crippen LogP contribution is 2.34. The van der Waals surface area contributed by atoms with Crippen LogP contribution in [0.25, 0.3) is 33.9 Å². The van der Waals surface area contributed by atoms with E-state index in [4.69, 9.17) is 24.2 Å². The summed E-state index contributed by atoms with van der Waals surface area (Å²) in [6.45, 7) is 1.06. The maximum atomic E-state index is 13.1. The molecule has 4 heterocycles. The van der Waals surface area contributed by atoms with E-state index >= 15 is 0 Å². The van der Waals surface area contributed by atoms with E-state index in [1.807, 2.05) is 28.8 Å². The van der Waals surface area contributed by atoms with Crippen LogP contribution in [0, 0.1) is 0 Å². The largest absolute Gasteiger partial charge is 0.493 e. The minimum Gasteiger partial charge on any atom is -0.493 e. The lowest BCUT2D eigenvalue weighted by Crippen LogP contribution is -2.18. The van der Waals surface area contributed by atoms with Crippen LogP contribution in [0.2, 0.25) is 0 Å². The molecule has 5 aromatic rings. The fraction of sp³-hybridized carbons (Fsp3) is 0.333. The van der Waals surface area contributed by atoms with Crippen LogP contribution in [0.4, 0.5) is 19.0 Å². The topological polar surface area (TPSA) is 101 Å². The van der Waals surface area contributed by atoms with Gasteiger partial charge in [-0.3, -0.25) is 4.57 Å². The number of methoxy groups -OCH3 is 2. The van der Waals surface area contributed by atoms with Gasteiger partial charge in [-0.15, -0.1) is 0 Å². The number of rotatable bonds is 8. The highest BCUT2D eigenvalue weighted by molar-refractivity contribution is 5.85. The molecule has 0 aliphatic carbocycles. The average Bonchev–Trinajstić information content (AvgIpc) is 3.64. The number of ether oxygens (including phenoxy) is 3. The molecule has 0 radical (unpaired) electrons. The number of hydrogen-bond donors (Lipinski definition) is 1. The van der Waals surface area contributed by atoms with Gasteiger partial charge in [0.05, 0.1) is 20.5 Å². The third-order valence-electron chi connectivity index (χ3n) is 7.37. The molecule has 1 saturated heterocycles. The first-order valence-electron chi connectivity index (χ1n) is 13.8. The average molecular weight is 594 g/mol. The Labute approximate surface area is 245 Å². The molecule has 0 spiro atoms. The SMILES string of the molecule is COc1ccc(-c2nc(NCc3ccc(-c4nc(C(F)(F)F)cn4C)cc3)c3ncn(C4CCCCO4)c3n2)cc1OC. The summed E-state index contributed by atoms with van der Waals surface area (Å²) in [4.78, 5) is 18.1. The molecule has 0 amide bonds. The number of fused-ring (bicyclic) bond motifs is 1. The highest BCUT2D eigenvalue weighted by atomic mass is 19.4. The molecule has 43 heavy (non-hydrogen) atoms. The summed E-state index contributed by atoms with van der Waals surface area (Å²) in [6, 6.07) is 12.7. The van der Waals surface area contributed by atoms with Crippen LogP contribution in [0.5, 0.6) is 11.5 Å². The summed E-state index contributed by atoms with van der Waals surface area (Å²) in [5, 5.41) is 3.38. The van der Waals surface area contributed by atoms with Crippen molar-refractivity contribution < 1.29 is 27.4 Å². The summed E-state index contributed by atoms with van der Waals surface area (Å²) in [7, 11) is 4.69. The fourth-order valence-electron chi connectivity index (χ4n) is 5.13. The normalized spacial score (nSPS) is 15.5. The van der Waals surface area contributed by atoms with E-state index in [-0.39, 0.29) is 12.1 Å². The molecular weight excluding hydrogens is 563 g/mol. The zero-order valence-corrected chi connectivity index (χ0v) is 23.9. The molecule has 6 rings (SSSR count). The number of anilines is 1. The number of benzene rings is 2. The van der Waals surface area contributed by atoms with Crippen LogP contribution in [-0.2, 0) is 24.5 Å². The van der Waals surface area contributed by atoms with Crippen molar-refractivity contribution in [3.63, 3.8) is 0 Å². The Bertz CT molecular complexity index is 1740. The summed E-state index contributed by atoms with van der Waals surface area (Å²) in [5.74, 6) is 2.39. The molecule has 1 unspecified atom stereocenters. The molecule has 1 N–H and O–H groups in total. The number of nitrogens with zero attached hydrogens (tertiary/aromatic N) is 6. The molecule has 13 heteroatoms. The molecule has 1 aliphatic rings. The number of halogens is 3. The van der Waals surface area contributed by atoms with E-state index in [9.17, 15) is 13.2 Å². The first-order chi connectivity index (χ1) is 20.7. The van der Waals surface area contributed by atoms with Crippen molar-refractivity contribution in [3.05, 3.63) is 66.2 Å². The summed E-state index contributed by atoms with van der Waals surface area (Å²) in [5.41, 5.74) is 2.52. The molecule has 0 bridgehead atoms.